The summed E-state index contributed by atoms with van der Waals surface area (Å²) in [7, 11) is 3.53. The number of benzene rings is 1. The molecule has 4 nitrogen and oxygen atoms in total. The maximum atomic E-state index is 5.22. The summed E-state index contributed by atoms with van der Waals surface area (Å²) in [5, 5.41) is 6.78. The highest BCUT2D eigenvalue weighted by Crippen LogP contribution is 2.28. The second-order valence-electron chi connectivity index (χ2n) is 5.09. The van der Waals surface area contributed by atoms with E-state index in [0.29, 0.717) is 12.6 Å². The Hall–Kier alpha value is -1.55. The third kappa shape index (κ3) is 3.96. The second kappa shape index (κ2) is 6.57. The van der Waals surface area contributed by atoms with Crippen LogP contribution in [0.4, 0.5) is 0 Å². The molecule has 0 bridgehead atoms. The zero-order chi connectivity index (χ0) is 13.7. The van der Waals surface area contributed by atoms with Crippen molar-refractivity contribution >= 4 is 5.96 Å². The Morgan fingerprint density at radius 2 is 2.05 bits per heavy atom. The molecule has 1 saturated carbocycles. The molecule has 0 aromatic heterocycles. The van der Waals surface area contributed by atoms with Gasteiger partial charge in [-0.1, -0.05) is 31.2 Å². The first-order valence-electron chi connectivity index (χ1n) is 6.77. The van der Waals surface area contributed by atoms with Crippen LogP contribution in [0.3, 0.4) is 0 Å². The third-order valence-corrected chi connectivity index (χ3v) is 3.52. The van der Waals surface area contributed by atoms with Crippen molar-refractivity contribution < 1.29 is 4.74 Å². The van der Waals surface area contributed by atoms with E-state index in [2.05, 4.69) is 40.7 Å². The molecular formula is C15H23N3O. The van der Waals surface area contributed by atoms with E-state index >= 15 is 0 Å². The minimum atomic E-state index is 0.584. The van der Waals surface area contributed by atoms with Crippen LogP contribution in [0.2, 0.25) is 0 Å². The first-order chi connectivity index (χ1) is 9.24. The molecule has 1 aromatic rings. The van der Waals surface area contributed by atoms with Gasteiger partial charge in [-0.25, -0.2) is 0 Å². The zero-order valence-electron chi connectivity index (χ0n) is 11.9. The van der Waals surface area contributed by atoms with E-state index in [1.54, 1.807) is 7.11 Å². The Morgan fingerprint density at radius 3 is 2.63 bits per heavy atom. The SMILES string of the molecule is CN=C(NCc1ccccc1COC)NC1CC1C. The lowest BCUT2D eigenvalue weighted by Gasteiger charge is -2.13. The van der Waals surface area contributed by atoms with E-state index in [1.165, 1.54) is 17.5 Å². The van der Waals surface area contributed by atoms with Crippen molar-refractivity contribution in [2.45, 2.75) is 32.5 Å². The molecular weight excluding hydrogens is 238 g/mol. The molecule has 0 aliphatic heterocycles. The molecule has 1 fully saturated rings. The second-order valence-corrected chi connectivity index (χ2v) is 5.09. The van der Waals surface area contributed by atoms with Gasteiger partial charge in [0.15, 0.2) is 5.96 Å². The zero-order valence-corrected chi connectivity index (χ0v) is 11.9. The lowest BCUT2D eigenvalue weighted by atomic mass is 10.1. The summed E-state index contributed by atoms with van der Waals surface area (Å²) in [6.45, 7) is 3.66. The molecule has 0 radical (unpaired) electrons. The lowest BCUT2D eigenvalue weighted by molar-refractivity contribution is 0.184. The number of nitrogens with one attached hydrogen (secondary N) is 2. The highest BCUT2D eigenvalue weighted by molar-refractivity contribution is 5.80. The lowest BCUT2D eigenvalue weighted by Crippen LogP contribution is -2.38. The summed E-state index contributed by atoms with van der Waals surface area (Å²) in [5.41, 5.74) is 2.46. The Balaban J connectivity index is 1.90. The molecule has 0 spiro atoms. The molecule has 1 aromatic carbocycles. The number of methoxy groups -OCH3 is 1. The van der Waals surface area contributed by atoms with Crippen molar-refractivity contribution in [2.24, 2.45) is 10.9 Å². The fourth-order valence-electron chi connectivity index (χ4n) is 2.10. The third-order valence-electron chi connectivity index (χ3n) is 3.52. The van der Waals surface area contributed by atoms with E-state index in [-0.39, 0.29) is 0 Å². The van der Waals surface area contributed by atoms with Crippen LogP contribution in [0, 0.1) is 5.92 Å². The van der Waals surface area contributed by atoms with E-state index in [4.69, 9.17) is 4.74 Å². The monoisotopic (exact) mass is 261 g/mol. The summed E-state index contributed by atoms with van der Waals surface area (Å²) in [4.78, 5) is 4.26. The quantitative estimate of drug-likeness (QED) is 0.628. The predicted molar refractivity (Wildman–Crippen MR) is 78.1 cm³/mol. The highest BCUT2D eigenvalue weighted by atomic mass is 16.5. The number of nitrogens with zero attached hydrogens (tertiary/aromatic N) is 1. The van der Waals surface area contributed by atoms with Gasteiger partial charge in [0, 0.05) is 26.7 Å². The molecule has 0 saturated heterocycles. The highest BCUT2D eigenvalue weighted by Gasteiger charge is 2.33. The first-order valence-corrected chi connectivity index (χ1v) is 6.77. The largest absolute Gasteiger partial charge is 0.380 e. The smallest absolute Gasteiger partial charge is 0.191 e. The molecule has 2 unspecified atom stereocenters. The maximum absolute atomic E-state index is 5.22. The first kappa shape index (κ1) is 13.9. The molecule has 1 aliphatic carbocycles. The van der Waals surface area contributed by atoms with Crippen molar-refractivity contribution in [1.82, 2.24) is 10.6 Å². The summed E-state index contributed by atoms with van der Waals surface area (Å²) >= 11 is 0. The molecule has 19 heavy (non-hydrogen) atoms. The van der Waals surface area contributed by atoms with Gasteiger partial charge in [0.25, 0.3) is 0 Å². The summed E-state index contributed by atoms with van der Waals surface area (Å²) < 4.78 is 5.22. The molecule has 1 aliphatic rings. The molecule has 2 rings (SSSR count). The molecule has 2 atom stereocenters. The number of hydrogen-bond acceptors (Lipinski definition) is 2. The van der Waals surface area contributed by atoms with Gasteiger partial charge in [-0.3, -0.25) is 4.99 Å². The van der Waals surface area contributed by atoms with Crippen LogP contribution in [0.1, 0.15) is 24.5 Å². The van der Waals surface area contributed by atoms with Crippen molar-refractivity contribution in [3.8, 4) is 0 Å². The van der Waals surface area contributed by atoms with E-state index < -0.39 is 0 Å². The van der Waals surface area contributed by atoms with Crippen LogP contribution in [0.25, 0.3) is 0 Å². The van der Waals surface area contributed by atoms with Crippen molar-refractivity contribution in [3.63, 3.8) is 0 Å². The number of aliphatic imine (C=N–C) groups is 1. The van der Waals surface area contributed by atoms with E-state index in [1.807, 2.05) is 13.1 Å². The van der Waals surface area contributed by atoms with Gasteiger partial charge < -0.3 is 15.4 Å². The summed E-state index contributed by atoms with van der Waals surface area (Å²) in [6, 6.07) is 8.89. The van der Waals surface area contributed by atoms with Crippen LogP contribution >= 0.6 is 0 Å². The van der Waals surface area contributed by atoms with E-state index in [0.717, 1.165) is 18.4 Å². The Morgan fingerprint density at radius 1 is 1.37 bits per heavy atom. The van der Waals surface area contributed by atoms with Crippen LogP contribution < -0.4 is 10.6 Å². The molecule has 2 N–H and O–H groups in total. The van der Waals surface area contributed by atoms with Gasteiger partial charge >= 0.3 is 0 Å². The van der Waals surface area contributed by atoms with Gasteiger partial charge in [-0.05, 0) is 23.5 Å². The molecule has 0 amide bonds. The number of ether oxygens (including phenoxy) is 1. The average molecular weight is 261 g/mol. The van der Waals surface area contributed by atoms with Crippen LogP contribution in [-0.2, 0) is 17.9 Å². The fraction of sp³-hybridized carbons (Fsp3) is 0.533. The number of guanidine groups is 1. The molecule has 104 valence electrons. The Labute approximate surface area is 115 Å². The van der Waals surface area contributed by atoms with Crippen molar-refractivity contribution in [2.75, 3.05) is 14.2 Å². The number of rotatable bonds is 5. The van der Waals surface area contributed by atoms with Gasteiger partial charge in [0.05, 0.1) is 6.61 Å². The summed E-state index contributed by atoms with van der Waals surface area (Å²) in [5.74, 6) is 1.64. The van der Waals surface area contributed by atoms with Crippen molar-refractivity contribution in [3.05, 3.63) is 35.4 Å². The Bertz CT molecular complexity index is 445. The van der Waals surface area contributed by atoms with Crippen LogP contribution in [0.15, 0.2) is 29.3 Å². The molecule has 4 heteroatoms. The topological polar surface area (TPSA) is 45.7 Å². The van der Waals surface area contributed by atoms with Gasteiger partial charge in [-0.15, -0.1) is 0 Å². The van der Waals surface area contributed by atoms with E-state index in [9.17, 15) is 0 Å². The average Bonchev–Trinajstić information content (AvgIpc) is 3.12. The Kier molecular flexibility index (Phi) is 4.80. The summed E-state index contributed by atoms with van der Waals surface area (Å²) in [6.07, 6.45) is 1.24. The van der Waals surface area contributed by atoms with Crippen LogP contribution in [0.5, 0.6) is 0 Å². The number of hydrogen-bond donors (Lipinski definition) is 2. The van der Waals surface area contributed by atoms with Crippen molar-refractivity contribution in [1.29, 1.82) is 0 Å². The van der Waals surface area contributed by atoms with Crippen LogP contribution in [-0.4, -0.2) is 26.2 Å². The standard InChI is InChI=1S/C15H23N3O/c1-11-8-14(11)18-15(16-2)17-9-12-6-4-5-7-13(12)10-19-3/h4-7,11,14H,8-10H2,1-3H3,(H2,16,17,18). The molecule has 0 heterocycles. The predicted octanol–water partition coefficient (Wildman–Crippen LogP) is 1.91. The minimum absolute atomic E-state index is 0.584. The fourth-order valence-corrected chi connectivity index (χ4v) is 2.10. The minimum Gasteiger partial charge on any atom is -0.380 e. The van der Waals surface area contributed by atoms with Gasteiger partial charge in [-0.2, -0.15) is 0 Å². The maximum Gasteiger partial charge on any atom is 0.191 e. The normalized spacial score (nSPS) is 22.2. The van der Waals surface area contributed by atoms with Gasteiger partial charge in [0.2, 0.25) is 0 Å². The van der Waals surface area contributed by atoms with Gasteiger partial charge in [0.1, 0.15) is 0 Å².